The molecule has 0 aliphatic carbocycles. The molecule has 0 unspecified atom stereocenters. The zero-order chi connectivity index (χ0) is 14.1. The summed E-state index contributed by atoms with van der Waals surface area (Å²) in [5, 5.41) is 3.10. The fourth-order valence-electron chi connectivity index (χ4n) is 1.55. The van der Waals surface area contributed by atoms with Gasteiger partial charge in [-0.05, 0) is 19.1 Å². The van der Waals surface area contributed by atoms with E-state index in [2.05, 4.69) is 16.2 Å². The van der Waals surface area contributed by atoms with E-state index < -0.39 is 0 Å². The van der Waals surface area contributed by atoms with E-state index in [0.29, 0.717) is 19.0 Å². The maximum atomic E-state index is 5.63. The highest BCUT2D eigenvalue weighted by molar-refractivity contribution is 5.53. The first-order valence-corrected chi connectivity index (χ1v) is 6.47. The minimum atomic E-state index is 0.535. The number of nitrogens with zero attached hydrogens (tertiary/aromatic N) is 1. The molecule has 1 heterocycles. The summed E-state index contributed by atoms with van der Waals surface area (Å²) in [6.07, 6.45) is 5.17. The lowest BCUT2D eigenvalue weighted by Crippen LogP contribution is -2.13. The molecule has 1 N–H and O–H groups in total. The van der Waals surface area contributed by atoms with E-state index in [1.807, 2.05) is 51.1 Å². The second-order valence-corrected chi connectivity index (χ2v) is 3.70. The van der Waals surface area contributed by atoms with Crippen molar-refractivity contribution in [2.75, 3.05) is 6.54 Å². The third-order valence-electron chi connectivity index (χ3n) is 2.43. The molecule has 1 aromatic heterocycles. The smallest absolute Gasteiger partial charge is 0.226 e. The van der Waals surface area contributed by atoms with E-state index in [0.717, 1.165) is 17.0 Å². The molecule has 0 saturated carbocycles. The van der Waals surface area contributed by atoms with Crippen LogP contribution in [0.5, 0.6) is 0 Å². The minimum absolute atomic E-state index is 0.535. The summed E-state index contributed by atoms with van der Waals surface area (Å²) < 4.78 is 5.63. The molecular formula is C16H20N2O. The molecule has 0 bridgehead atoms. The van der Waals surface area contributed by atoms with Crippen LogP contribution in [0.4, 0.5) is 0 Å². The molecule has 0 atom stereocenters. The summed E-state index contributed by atoms with van der Waals surface area (Å²) in [6.45, 7) is 7.08. The Morgan fingerprint density at radius 1 is 1.26 bits per heavy atom. The number of nitrogens with one attached hydrogen (secondary N) is 1. The predicted molar refractivity (Wildman–Crippen MR) is 78.6 cm³/mol. The summed E-state index contributed by atoms with van der Waals surface area (Å²) in [7, 11) is 0. The lowest BCUT2D eigenvalue weighted by atomic mass is 10.2. The normalized spacial score (nSPS) is 9.37. The molecule has 0 aliphatic heterocycles. The number of terminal acetylenes is 1. The van der Waals surface area contributed by atoms with Crippen molar-refractivity contribution >= 4 is 0 Å². The zero-order valence-corrected chi connectivity index (χ0v) is 11.7. The van der Waals surface area contributed by atoms with E-state index in [-0.39, 0.29) is 0 Å². The maximum Gasteiger partial charge on any atom is 0.226 e. The van der Waals surface area contributed by atoms with Crippen LogP contribution in [0.15, 0.2) is 34.7 Å². The van der Waals surface area contributed by atoms with Crippen molar-refractivity contribution in [3.05, 3.63) is 41.8 Å². The Morgan fingerprint density at radius 3 is 2.58 bits per heavy atom. The number of aryl methyl sites for hydroxylation is 1. The van der Waals surface area contributed by atoms with Crippen LogP contribution in [-0.2, 0) is 6.54 Å². The van der Waals surface area contributed by atoms with Gasteiger partial charge in [-0.25, -0.2) is 4.98 Å². The predicted octanol–water partition coefficient (Wildman–Crippen LogP) is 3.40. The first kappa shape index (κ1) is 15.0. The van der Waals surface area contributed by atoms with Crippen molar-refractivity contribution in [1.82, 2.24) is 10.3 Å². The molecule has 3 nitrogen and oxygen atoms in total. The average Bonchev–Trinajstić information content (AvgIpc) is 2.84. The van der Waals surface area contributed by atoms with Crippen molar-refractivity contribution in [3.8, 4) is 23.8 Å². The van der Waals surface area contributed by atoms with E-state index in [1.54, 1.807) is 0 Å². The fourth-order valence-corrected chi connectivity index (χ4v) is 1.55. The van der Waals surface area contributed by atoms with Crippen LogP contribution in [0.25, 0.3) is 11.5 Å². The van der Waals surface area contributed by atoms with Gasteiger partial charge in [-0.2, -0.15) is 0 Å². The number of aromatic nitrogens is 1. The SMILES string of the molecule is C#CCNCc1nc(-c2ccccc2)oc1C.CC. The number of rotatable bonds is 4. The van der Waals surface area contributed by atoms with E-state index in [4.69, 9.17) is 10.8 Å². The van der Waals surface area contributed by atoms with Gasteiger partial charge in [0.2, 0.25) is 5.89 Å². The summed E-state index contributed by atoms with van der Waals surface area (Å²) in [5.41, 5.74) is 1.89. The van der Waals surface area contributed by atoms with Gasteiger partial charge >= 0.3 is 0 Å². The molecule has 0 saturated heterocycles. The third-order valence-corrected chi connectivity index (χ3v) is 2.43. The molecule has 0 aliphatic rings. The quantitative estimate of drug-likeness (QED) is 0.673. The second-order valence-electron chi connectivity index (χ2n) is 3.70. The van der Waals surface area contributed by atoms with Gasteiger partial charge in [0.1, 0.15) is 5.76 Å². The Bertz CT molecular complexity index is 523. The Balaban J connectivity index is 0.000000861. The monoisotopic (exact) mass is 256 g/mol. The summed E-state index contributed by atoms with van der Waals surface area (Å²) in [4.78, 5) is 4.45. The zero-order valence-electron chi connectivity index (χ0n) is 11.7. The lowest BCUT2D eigenvalue weighted by molar-refractivity contribution is 0.537. The van der Waals surface area contributed by atoms with Crippen LogP contribution in [0, 0.1) is 19.3 Å². The molecule has 0 spiro atoms. The first-order valence-electron chi connectivity index (χ1n) is 6.47. The molecule has 0 amide bonds. The van der Waals surface area contributed by atoms with Gasteiger partial charge in [0.05, 0.1) is 12.2 Å². The number of hydrogen-bond donors (Lipinski definition) is 1. The van der Waals surface area contributed by atoms with Crippen LogP contribution >= 0.6 is 0 Å². The first-order chi connectivity index (χ1) is 9.31. The maximum absolute atomic E-state index is 5.63. The van der Waals surface area contributed by atoms with Gasteiger partial charge in [0, 0.05) is 12.1 Å². The highest BCUT2D eigenvalue weighted by atomic mass is 16.4. The van der Waals surface area contributed by atoms with Crippen LogP contribution in [0.2, 0.25) is 0 Å². The lowest BCUT2D eigenvalue weighted by Gasteiger charge is -1.95. The fraction of sp³-hybridized carbons (Fsp3) is 0.312. The van der Waals surface area contributed by atoms with Crippen molar-refractivity contribution < 1.29 is 4.42 Å². The third kappa shape index (κ3) is 4.27. The van der Waals surface area contributed by atoms with Gasteiger partial charge in [-0.3, -0.25) is 0 Å². The molecule has 2 rings (SSSR count). The van der Waals surface area contributed by atoms with Crippen LogP contribution in [0.3, 0.4) is 0 Å². The van der Waals surface area contributed by atoms with Crippen LogP contribution < -0.4 is 5.32 Å². The van der Waals surface area contributed by atoms with Gasteiger partial charge in [-0.15, -0.1) is 6.42 Å². The number of hydrogen-bond acceptors (Lipinski definition) is 3. The topological polar surface area (TPSA) is 38.1 Å². The van der Waals surface area contributed by atoms with E-state index in [1.165, 1.54) is 0 Å². The van der Waals surface area contributed by atoms with Crippen LogP contribution in [0.1, 0.15) is 25.3 Å². The average molecular weight is 256 g/mol. The molecule has 3 heteroatoms. The van der Waals surface area contributed by atoms with Gasteiger partial charge in [0.15, 0.2) is 0 Å². The molecule has 1 aromatic carbocycles. The summed E-state index contributed by atoms with van der Waals surface area (Å²) in [6, 6.07) is 9.85. The molecular weight excluding hydrogens is 236 g/mol. The highest BCUT2D eigenvalue weighted by Gasteiger charge is 2.10. The minimum Gasteiger partial charge on any atom is -0.441 e. The summed E-state index contributed by atoms with van der Waals surface area (Å²) >= 11 is 0. The van der Waals surface area contributed by atoms with Crippen molar-refractivity contribution in [1.29, 1.82) is 0 Å². The van der Waals surface area contributed by atoms with Crippen LogP contribution in [-0.4, -0.2) is 11.5 Å². The number of benzene rings is 1. The molecule has 0 radical (unpaired) electrons. The standard InChI is InChI=1S/C14H14N2O.C2H6/c1-3-9-15-10-13-11(2)17-14(16-13)12-7-5-4-6-8-12;1-2/h1,4-8,15H,9-10H2,2H3;1-2H3. The van der Waals surface area contributed by atoms with E-state index in [9.17, 15) is 0 Å². The van der Waals surface area contributed by atoms with Crippen molar-refractivity contribution in [3.63, 3.8) is 0 Å². The van der Waals surface area contributed by atoms with Crippen molar-refractivity contribution in [2.24, 2.45) is 0 Å². The van der Waals surface area contributed by atoms with Gasteiger partial charge in [-0.1, -0.05) is 38.0 Å². The Kier molecular flexibility index (Phi) is 6.42. The molecule has 100 valence electrons. The Morgan fingerprint density at radius 2 is 1.95 bits per heavy atom. The Labute approximate surface area is 115 Å². The van der Waals surface area contributed by atoms with Gasteiger partial charge in [0.25, 0.3) is 0 Å². The van der Waals surface area contributed by atoms with Gasteiger partial charge < -0.3 is 9.73 Å². The molecule has 0 fully saturated rings. The second kappa shape index (κ2) is 8.12. The molecule has 19 heavy (non-hydrogen) atoms. The number of oxazole rings is 1. The highest BCUT2D eigenvalue weighted by Crippen LogP contribution is 2.21. The van der Waals surface area contributed by atoms with Crippen molar-refractivity contribution in [2.45, 2.75) is 27.3 Å². The van der Waals surface area contributed by atoms with E-state index >= 15 is 0 Å². The Hall–Kier alpha value is -2.05. The summed E-state index contributed by atoms with van der Waals surface area (Å²) in [5.74, 6) is 4.01. The largest absolute Gasteiger partial charge is 0.441 e. The molecule has 2 aromatic rings.